The molecule has 0 aliphatic heterocycles. The van der Waals surface area contributed by atoms with Gasteiger partial charge in [-0.25, -0.2) is 0 Å². The molecule has 0 fully saturated rings. The molecule has 0 saturated heterocycles. The molecule has 1 heterocycles. The van der Waals surface area contributed by atoms with Crippen molar-refractivity contribution >= 4 is 22.3 Å². The molecule has 2 rings (SSSR count). The van der Waals surface area contributed by atoms with Crippen molar-refractivity contribution in [2.45, 2.75) is 33.4 Å². The highest BCUT2D eigenvalue weighted by atomic mass is 19.4. The van der Waals surface area contributed by atoms with Crippen LogP contribution < -0.4 is 10.6 Å². The fourth-order valence-corrected chi connectivity index (χ4v) is 2.59. The Morgan fingerprint density at radius 3 is 2.56 bits per heavy atom. The third-order valence-electron chi connectivity index (χ3n) is 3.75. The molecule has 0 aliphatic rings. The highest BCUT2D eigenvalue weighted by molar-refractivity contribution is 5.92. The molecule has 1 aromatic heterocycles. The Morgan fingerprint density at radius 1 is 1.32 bits per heavy atom. The first kappa shape index (κ1) is 18.8. The minimum atomic E-state index is -4.44. The molecule has 8 heteroatoms. The summed E-state index contributed by atoms with van der Waals surface area (Å²) >= 11 is 0. The van der Waals surface area contributed by atoms with Crippen LogP contribution in [0.25, 0.3) is 10.9 Å². The molecule has 136 valence electrons. The lowest BCUT2D eigenvalue weighted by atomic mass is 10.1. The van der Waals surface area contributed by atoms with Crippen molar-refractivity contribution in [3.63, 3.8) is 0 Å². The largest absolute Gasteiger partial charge is 0.416 e. The highest BCUT2D eigenvalue weighted by Gasteiger charge is 2.32. The second-order valence-corrected chi connectivity index (χ2v) is 6.06. The summed E-state index contributed by atoms with van der Waals surface area (Å²) in [6.07, 6.45) is -2.28. The van der Waals surface area contributed by atoms with E-state index in [1.165, 1.54) is 6.20 Å². The molecule has 3 N–H and O–H groups in total. The Balaban J connectivity index is 2.45. The van der Waals surface area contributed by atoms with Gasteiger partial charge in [0.05, 0.1) is 29.5 Å². The molecule has 25 heavy (non-hydrogen) atoms. The van der Waals surface area contributed by atoms with E-state index in [-0.39, 0.29) is 6.54 Å². The summed E-state index contributed by atoms with van der Waals surface area (Å²) in [5.74, 6) is 0. The molecule has 0 aliphatic carbocycles. The Hall–Kier alpha value is -2.51. The van der Waals surface area contributed by atoms with Gasteiger partial charge < -0.3 is 10.6 Å². The molecule has 1 aromatic carbocycles. The molecule has 0 atom stereocenters. The number of fused-ring (bicyclic) bond motifs is 1. The average molecular weight is 353 g/mol. The van der Waals surface area contributed by atoms with E-state index < -0.39 is 11.7 Å². The Morgan fingerprint density at radius 2 is 2.00 bits per heavy atom. The summed E-state index contributed by atoms with van der Waals surface area (Å²) in [7, 11) is 1.70. The number of aliphatic imine (C=N–C) groups is 1. The summed E-state index contributed by atoms with van der Waals surface area (Å²) in [6, 6.07) is 2.17. The van der Waals surface area contributed by atoms with Crippen molar-refractivity contribution in [3.8, 4) is 0 Å². The van der Waals surface area contributed by atoms with Crippen LogP contribution in [0.1, 0.15) is 32.8 Å². The molecule has 0 bridgehead atoms. The van der Waals surface area contributed by atoms with Gasteiger partial charge in [0.15, 0.2) is 0 Å². The van der Waals surface area contributed by atoms with Gasteiger partial charge in [-0.2, -0.15) is 18.3 Å². The van der Waals surface area contributed by atoms with Crippen LogP contribution in [0, 0.1) is 0 Å². The number of alkyl halides is 3. The highest BCUT2D eigenvalue weighted by Crippen LogP contribution is 2.36. The number of benzene rings is 1. The second kappa shape index (κ2) is 7.16. The minimum absolute atomic E-state index is 0.265. The molecule has 0 unspecified atom stereocenters. The van der Waals surface area contributed by atoms with Crippen LogP contribution in [-0.4, -0.2) is 29.5 Å². The van der Waals surface area contributed by atoms with Crippen molar-refractivity contribution in [2.24, 2.45) is 10.7 Å². The zero-order valence-electron chi connectivity index (χ0n) is 14.7. The van der Waals surface area contributed by atoms with E-state index in [0.29, 0.717) is 28.7 Å². The zero-order chi connectivity index (χ0) is 18.8. The van der Waals surface area contributed by atoms with Crippen LogP contribution in [0.4, 0.5) is 18.9 Å². The molecule has 5 nitrogen and oxygen atoms in total. The maximum atomic E-state index is 13.1. The zero-order valence-corrected chi connectivity index (χ0v) is 14.7. The summed E-state index contributed by atoms with van der Waals surface area (Å²) in [4.78, 5) is 6.08. The van der Waals surface area contributed by atoms with E-state index in [1.54, 1.807) is 11.9 Å². The summed E-state index contributed by atoms with van der Waals surface area (Å²) < 4.78 is 39.4. The fourth-order valence-electron chi connectivity index (χ4n) is 2.59. The van der Waals surface area contributed by atoms with Crippen LogP contribution in [0.5, 0.6) is 0 Å². The number of nitrogens with zero attached hydrogens (tertiary/aromatic N) is 3. The van der Waals surface area contributed by atoms with Crippen molar-refractivity contribution in [1.29, 1.82) is 0 Å². The van der Waals surface area contributed by atoms with Gasteiger partial charge in [0.2, 0.25) is 0 Å². The van der Waals surface area contributed by atoms with E-state index in [9.17, 15) is 13.2 Å². The number of hydrogen-bond donors (Lipinski definition) is 2. The SMILES string of the molecule is CC/C(N=C(C)C)=C(/N)CN(C)c1cc(C(F)(F)F)cc2[nH]ncc12. The number of rotatable bonds is 5. The van der Waals surface area contributed by atoms with Crippen molar-refractivity contribution < 1.29 is 13.2 Å². The van der Waals surface area contributed by atoms with Gasteiger partial charge >= 0.3 is 6.18 Å². The first-order valence-electron chi connectivity index (χ1n) is 7.88. The van der Waals surface area contributed by atoms with E-state index in [2.05, 4.69) is 15.2 Å². The van der Waals surface area contributed by atoms with Crippen LogP contribution in [-0.2, 0) is 6.18 Å². The third kappa shape index (κ3) is 4.32. The predicted octanol–water partition coefficient (Wildman–Crippen LogP) is 4.08. The number of hydrogen-bond acceptors (Lipinski definition) is 4. The number of anilines is 1. The van der Waals surface area contributed by atoms with Gasteiger partial charge in [0.25, 0.3) is 0 Å². The number of H-pyrrole nitrogens is 1. The van der Waals surface area contributed by atoms with Crippen LogP contribution >= 0.6 is 0 Å². The molecule has 0 amide bonds. The van der Waals surface area contributed by atoms with Crippen molar-refractivity contribution in [1.82, 2.24) is 10.2 Å². The fraction of sp³-hybridized carbons (Fsp3) is 0.412. The lowest BCUT2D eigenvalue weighted by molar-refractivity contribution is -0.137. The normalized spacial score (nSPS) is 12.9. The van der Waals surface area contributed by atoms with E-state index in [1.807, 2.05) is 20.8 Å². The lowest BCUT2D eigenvalue weighted by Crippen LogP contribution is -2.25. The number of halogens is 3. The first-order chi connectivity index (χ1) is 11.6. The van der Waals surface area contributed by atoms with Crippen molar-refractivity contribution in [3.05, 3.63) is 35.3 Å². The Kier molecular flexibility index (Phi) is 5.39. The number of aromatic nitrogens is 2. The van der Waals surface area contributed by atoms with Crippen LogP contribution in [0.3, 0.4) is 0 Å². The van der Waals surface area contributed by atoms with Gasteiger partial charge in [-0.15, -0.1) is 0 Å². The number of nitrogens with one attached hydrogen (secondary N) is 1. The average Bonchev–Trinajstić information content (AvgIpc) is 2.98. The third-order valence-corrected chi connectivity index (χ3v) is 3.75. The molecule has 0 spiro atoms. The lowest BCUT2D eigenvalue weighted by Gasteiger charge is -2.22. The monoisotopic (exact) mass is 353 g/mol. The van der Waals surface area contributed by atoms with Gasteiger partial charge in [-0.05, 0) is 32.4 Å². The molecular formula is C17H22F3N5. The van der Waals surface area contributed by atoms with Crippen LogP contribution in [0.15, 0.2) is 34.7 Å². The Bertz CT molecular complexity index is 813. The standard InChI is InChI=1S/C17H22F3N5/c1-5-14(23-10(2)3)13(21)9-25(4)16-7-11(17(18,19)20)6-15-12(16)8-22-24-15/h6-8H,5,9,21H2,1-4H3,(H,22,24)/b14-13-. The quantitative estimate of drug-likeness (QED) is 0.796. The Labute approximate surface area is 144 Å². The number of allylic oxidation sites excluding steroid dienone is 1. The predicted molar refractivity (Wildman–Crippen MR) is 94.7 cm³/mol. The smallest absolute Gasteiger partial charge is 0.399 e. The van der Waals surface area contributed by atoms with E-state index in [0.717, 1.165) is 23.5 Å². The summed E-state index contributed by atoms with van der Waals surface area (Å²) in [5.41, 5.74) is 8.30. The molecular weight excluding hydrogens is 331 g/mol. The molecule has 0 radical (unpaired) electrons. The summed E-state index contributed by atoms with van der Waals surface area (Å²) in [6.45, 7) is 5.94. The maximum absolute atomic E-state index is 13.1. The first-order valence-corrected chi connectivity index (χ1v) is 7.88. The number of nitrogens with two attached hydrogens (primary N) is 1. The van der Waals surface area contributed by atoms with Crippen molar-refractivity contribution in [2.75, 3.05) is 18.5 Å². The minimum Gasteiger partial charge on any atom is -0.399 e. The molecule has 2 aromatic rings. The second-order valence-electron chi connectivity index (χ2n) is 6.06. The van der Waals surface area contributed by atoms with E-state index in [4.69, 9.17) is 5.73 Å². The topological polar surface area (TPSA) is 70.3 Å². The van der Waals surface area contributed by atoms with Gasteiger partial charge in [0.1, 0.15) is 0 Å². The maximum Gasteiger partial charge on any atom is 0.416 e. The summed E-state index contributed by atoms with van der Waals surface area (Å²) in [5, 5.41) is 7.06. The number of likely N-dealkylation sites (N-methyl/N-ethyl adjacent to an activating group) is 1. The van der Waals surface area contributed by atoms with E-state index >= 15 is 0 Å². The van der Waals surface area contributed by atoms with Gasteiger partial charge in [0, 0.05) is 29.5 Å². The molecule has 0 saturated carbocycles. The number of aromatic amines is 1. The van der Waals surface area contributed by atoms with Gasteiger partial charge in [-0.1, -0.05) is 6.92 Å². The van der Waals surface area contributed by atoms with Crippen LogP contribution in [0.2, 0.25) is 0 Å². The van der Waals surface area contributed by atoms with Gasteiger partial charge in [-0.3, -0.25) is 10.1 Å².